The third-order valence-electron chi connectivity index (χ3n) is 4.56. The topological polar surface area (TPSA) is 66.6 Å². The molecule has 0 saturated heterocycles. The molecule has 1 amide bonds. The summed E-state index contributed by atoms with van der Waals surface area (Å²) >= 11 is 14.3. The quantitative estimate of drug-likeness (QED) is 0.331. The number of fused-ring (bicyclic) bond motifs is 1. The molecule has 4 aromatic rings. The van der Waals surface area contributed by atoms with Crippen LogP contribution in [0.1, 0.15) is 10.4 Å². The van der Waals surface area contributed by atoms with Crippen molar-refractivity contribution >= 4 is 57.3 Å². The predicted octanol–water partition coefficient (Wildman–Crippen LogP) is 5.30. The number of hydrogen-bond acceptors (Lipinski definition) is 3. The van der Waals surface area contributed by atoms with Gasteiger partial charge in [-0.25, -0.2) is 4.98 Å². The maximum atomic E-state index is 12.7. The van der Waals surface area contributed by atoms with E-state index in [9.17, 15) is 4.79 Å². The van der Waals surface area contributed by atoms with Crippen LogP contribution in [-0.2, 0) is 0 Å². The number of carbonyl (C=O) groups excluding carboxylic acids is 1. The highest BCUT2D eigenvalue weighted by Gasteiger charge is 2.21. The lowest BCUT2D eigenvalue weighted by Crippen LogP contribution is -2.27. The number of halogens is 3. The Morgan fingerprint density at radius 2 is 1.63 bits per heavy atom. The van der Waals surface area contributed by atoms with Crippen molar-refractivity contribution in [3.05, 3.63) is 80.0 Å². The van der Waals surface area contributed by atoms with E-state index in [-0.39, 0.29) is 19.1 Å². The highest BCUT2D eigenvalue weighted by Crippen LogP contribution is 2.35. The molecule has 2 N–H and O–H groups in total. The molecule has 0 atom stereocenters. The Bertz CT molecular complexity index is 1220. The van der Waals surface area contributed by atoms with Gasteiger partial charge >= 0.3 is 0 Å². The fourth-order valence-electron chi connectivity index (χ4n) is 3.24. The fraction of sp³-hybridized carbons (Fsp3) is 0.0909. The third-order valence-corrected chi connectivity index (χ3v) is 5.66. The Hall–Kier alpha value is -2.13. The van der Waals surface area contributed by atoms with Crippen LogP contribution in [0.5, 0.6) is 0 Å². The number of imidazole rings is 1. The molecular formula is C22H16Cl2IN3O2. The molecule has 0 aliphatic carbocycles. The Morgan fingerprint density at radius 3 is 2.23 bits per heavy atom. The minimum atomic E-state index is -0.289. The SMILES string of the molecule is O=C(NCCO)c1cc(I)cn2c(-c3ccc(Cl)cc3)c(-c3ccc(Cl)cc3)nc12. The first-order valence-electron chi connectivity index (χ1n) is 9.10. The fourth-order valence-corrected chi connectivity index (χ4v) is 4.08. The summed E-state index contributed by atoms with van der Waals surface area (Å²) in [5.74, 6) is -0.289. The maximum absolute atomic E-state index is 12.7. The maximum Gasteiger partial charge on any atom is 0.255 e. The lowest BCUT2D eigenvalue weighted by Gasteiger charge is -2.09. The van der Waals surface area contributed by atoms with Gasteiger partial charge in [-0.05, 0) is 52.9 Å². The largest absolute Gasteiger partial charge is 0.395 e. The van der Waals surface area contributed by atoms with Crippen molar-refractivity contribution in [3.63, 3.8) is 0 Å². The van der Waals surface area contributed by atoms with Crippen LogP contribution in [0.3, 0.4) is 0 Å². The number of hydrogen-bond donors (Lipinski definition) is 2. The van der Waals surface area contributed by atoms with Gasteiger partial charge in [0.2, 0.25) is 0 Å². The molecule has 0 radical (unpaired) electrons. The molecule has 0 saturated carbocycles. The number of aliphatic hydroxyl groups is 1. The van der Waals surface area contributed by atoms with Gasteiger partial charge in [0.25, 0.3) is 5.91 Å². The number of amides is 1. The van der Waals surface area contributed by atoms with Crippen molar-refractivity contribution in [1.29, 1.82) is 0 Å². The molecule has 4 rings (SSSR count). The molecule has 0 fully saturated rings. The number of nitrogens with zero attached hydrogens (tertiary/aromatic N) is 2. The first kappa shape index (κ1) is 21.1. The zero-order valence-electron chi connectivity index (χ0n) is 15.6. The van der Waals surface area contributed by atoms with Gasteiger partial charge in [0, 0.05) is 37.5 Å². The summed E-state index contributed by atoms with van der Waals surface area (Å²) in [5, 5.41) is 13.0. The van der Waals surface area contributed by atoms with Crippen molar-refractivity contribution in [2.75, 3.05) is 13.2 Å². The number of rotatable bonds is 5. The van der Waals surface area contributed by atoms with E-state index in [1.54, 1.807) is 6.07 Å². The molecule has 30 heavy (non-hydrogen) atoms. The van der Waals surface area contributed by atoms with Crippen LogP contribution < -0.4 is 5.32 Å². The Morgan fingerprint density at radius 1 is 1.03 bits per heavy atom. The lowest BCUT2D eigenvalue weighted by molar-refractivity contribution is 0.0946. The first-order chi connectivity index (χ1) is 14.5. The van der Waals surface area contributed by atoms with E-state index in [0.717, 1.165) is 26.1 Å². The molecule has 8 heteroatoms. The predicted molar refractivity (Wildman–Crippen MR) is 128 cm³/mol. The molecule has 152 valence electrons. The van der Waals surface area contributed by atoms with Crippen molar-refractivity contribution in [2.24, 2.45) is 0 Å². The van der Waals surface area contributed by atoms with Gasteiger partial charge in [0.1, 0.15) is 0 Å². The van der Waals surface area contributed by atoms with E-state index in [1.165, 1.54) is 0 Å². The summed E-state index contributed by atoms with van der Waals surface area (Å²) in [7, 11) is 0. The average molecular weight is 552 g/mol. The van der Waals surface area contributed by atoms with Crippen LogP contribution in [0.15, 0.2) is 60.8 Å². The zero-order valence-corrected chi connectivity index (χ0v) is 19.2. The van der Waals surface area contributed by atoms with Crippen molar-refractivity contribution in [2.45, 2.75) is 0 Å². The summed E-state index contributed by atoms with van der Waals surface area (Å²) in [5.41, 5.74) is 4.34. The summed E-state index contributed by atoms with van der Waals surface area (Å²) in [6, 6.07) is 16.7. The molecular weight excluding hydrogens is 536 g/mol. The minimum absolute atomic E-state index is 0.132. The number of pyridine rings is 1. The number of benzene rings is 2. The van der Waals surface area contributed by atoms with Gasteiger partial charge < -0.3 is 10.4 Å². The Labute approximate surface area is 196 Å². The highest BCUT2D eigenvalue weighted by atomic mass is 127. The first-order valence-corrected chi connectivity index (χ1v) is 10.9. The van der Waals surface area contributed by atoms with E-state index in [4.69, 9.17) is 33.3 Å². The van der Waals surface area contributed by atoms with Crippen LogP contribution in [0.4, 0.5) is 0 Å². The van der Waals surface area contributed by atoms with E-state index < -0.39 is 0 Å². The van der Waals surface area contributed by atoms with Gasteiger partial charge in [-0.2, -0.15) is 0 Å². The van der Waals surface area contributed by atoms with E-state index in [1.807, 2.05) is 59.1 Å². The van der Waals surface area contributed by atoms with Gasteiger partial charge in [0.05, 0.1) is 23.6 Å². The summed E-state index contributed by atoms with van der Waals surface area (Å²) in [6.45, 7) is 0.0394. The molecule has 0 unspecified atom stereocenters. The summed E-state index contributed by atoms with van der Waals surface area (Å²) < 4.78 is 2.80. The molecule has 0 spiro atoms. The van der Waals surface area contributed by atoms with Crippen LogP contribution >= 0.6 is 45.8 Å². The molecule has 0 aliphatic heterocycles. The van der Waals surface area contributed by atoms with Crippen LogP contribution in [0.2, 0.25) is 10.0 Å². The van der Waals surface area contributed by atoms with Gasteiger partial charge in [-0.1, -0.05) is 47.5 Å². The van der Waals surface area contributed by atoms with Crippen molar-refractivity contribution in [3.8, 4) is 22.5 Å². The molecule has 0 bridgehead atoms. The zero-order chi connectivity index (χ0) is 21.3. The van der Waals surface area contributed by atoms with Crippen LogP contribution in [0.25, 0.3) is 28.2 Å². The van der Waals surface area contributed by atoms with E-state index >= 15 is 0 Å². The molecule has 2 aromatic heterocycles. The Kier molecular flexibility index (Phi) is 6.29. The number of nitrogens with one attached hydrogen (secondary N) is 1. The van der Waals surface area contributed by atoms with Crippen molar-refractivity contribution in [1.82, 2.24) is 14.7 Å². The molecule has 2 aromatic carbocycles. The summed E-state index contributed by atoms with van der Waals surface area (Å²) in [4.78, 5) is 17.6. The number of aromatic nitrogens is 2. The normalized spacial score (nSPS) is 11.1. The second-order valence-electron chi connectivity index (χ2n) is 6.57. The van der Waals surface area contributed by atoms with Gasteiger partial charge in [-0.15, -0.1) is 0 Å². The van der Waals surface area contributed by atoms with E-state index in [2.05, 4.69) is 27.9 Å². The molecule has 2 heterocycles. The second-order valence-corrected chi connectivity index (χ2v) is 8.69. The molecule has 0 aliphatic rings. The smallest absolute Gasteiger partial charge is 0.255 e. The van der Waals surface area contributed by atoms with Gasteiger partial charge in [-0.3, -0.25) is 9.20 Å². The minimum Gasteiger partial charge on any atom is -0.395 e. The van der Waals surface area contributed by atoms with Crippen LogP contribution in [-0.4, -0.2) is 33.6 Å². The monoisotopic (exact) mass is 551 g/mol. The second kappa shape index (κ2) is 8.93. The highest BCUT2D eigenvalue weighted by molar-refractivity contribution is 14.1. The third kappa shape index (κ3) is 4.18. The number of aliphatic hydroxyl groups excluding tert-OH is 1. The standard InChI is InChI=1S/C22H16Cl2IN3O2/c23-15-5-1-13(2-6-15)19-20(14-3-7-16(24)8-4-14)28-12-17(25)11-18(21(28)27-19)22(30)26-9-10-29/h1-8,11-12,29H,9-10H2,(H,26,30). The average Bonchev–Trinajstić information content (AvgIpc) is 3.11. The lowest BCUT2D eigenvalue weighted by atomic mass is 10.0. The molecule has 5 nitrogen and oxygen atoms in total. The van der Waals surface area contributed by atoms with Crippen molar-refractivity contribution < 1.29 is 9.90 Å². The summed E-state index contributed by atoms with van der Waals surface area (Å²) in [6.07, 6.45) is 1.94. The Balaban J connectivity index is 2.01. The number of carbonyl (C=O) groups is 1. The van der Waals surface area contributed by atoms with Gasteiger partial charge in [0.15, 0.2) is 5.65 Å². The van der Waals surface area contributed by atoms with E-state index in [0.29, 0.717) is 21.3 Å². The van der Waals surface area contributed by atoms with Crippen LogP contribution in [0, 0.1) is 3.57 Å².